The summed E-state index contributed by atoms with van der Waals surface area (Å²) in [6, 6.07) is 8.93. The summed E-state index contributed by atoms with van der Waals surface area (Å²) in [5, 5.41) is 18.4. The zero-order valence-electron chi connectivity index (χ0n) is 8.29. The van der Waals surface area contributed by atoms with E-state index in [1.807, 2.05) is 0 Å². The molecule has 2 N–H and O–H groups in total. The highest BCUT2D eigenvalue weighted by Gasteiger charge is 2.11. The first-order chi connectivity index (χ1) is 7.68. The van der Waals surface area contributed by atoms with Gasteiger partial charge >= 0.3 is 0 Å². The highest BCUT2D eigenvalue weighted by atomic mass is 16.3. The molecular formula is C12H9NO3. The topological polar surface area (TPSA) is 70.4 Å². The van der Waals surface area contributed by atoms with Crippen LogP contribution in [0, 0.1) is 0 Å². The van der Waals surface area contributed by atoms with Gasteiger partial charge < -0.3 is 10.2 Å². The van der Waals surface area contributed by atoms with E-state index in [-0.39, 0.29) is 22.8 Å². The van der Waals surface area contributed by atoms with Gasteiger partial charge in [0.1, 0.15) is 5.69 Å². The van der Waals surface area contributed by atoms with Crippen LogP contribution < -0.4 is 0 Å². The number of hydrogen-bond acceptors (Lipinski definition) is 4. The highest BCUT2D eigenvalue weighted by molar-refractivity contribution is 6.07. The second-order valence-corrected chi connectivity index (χ2v) is 3.25. The molecule has 0 spiro atoms. The van der Waals surface area contributed by atoms with Gasteiger partial charge in [0.15, 0.2) is 11.5 Å². The summed E-state index contributed by atoms with van der Waals surface area (Å²) in [6.07, 6.45) is 1.52. The number of aromatic nitrogens is 1. The Kier molecular flexibility index (Phi) is 2.55. The molecular weight excluding hydrogens is 206 g/mol. The monoisotopic (exact) mass is 215 g/mol. The number of pyridine rings is 1. The van der Waals surface area contributed by atoms with Crippen molar-refractivity contribution < 1.29 is 15.0 Å². The van der Waals surface area contributed by atoms with E-state index in [4.69, 9.17) is 5.11 Å². The lowest BCUT2D eigenvalue weighted by atomic mass is 10.1. The number of phenols is 2. The number of ketones is 1. The van der Waals surface area contributed by atoms with Crippen LogP contribution in [0.5, 0.6) is 11.5 Å². The first kappa shape index (κ1) is 10.2. The van der Waals surface area contributed by atoms with E-state index < -0.39 is 0 Å². The normalized spacial score (nSPS) is 10.0. The first-order valence-electron chi connectivity index (χ1n) is 4.66. The molecule has 1 aromatic heterocycles. The number of carbonyl (C=O) groups excluding carboxylic acids is 1. The quantitative estimate of drug-likeness (QED) is 0.591. The molecule has 0 unspecified atom stereocenters. The van der Waals surface area contributed by atoms with E-state index in [0.717, 1.165) is 0 Å². The van der Waals surface area contributed by atoms with Crippen LogP contribution in [-0.4, -0.2) is 21.0 Å². The van der Waals surface area contributed by atoms with Crippen molar-refractivity contribution in [2.24, 2.45) is 0 Å². The van der Waals surface area contributed by atoms with Crippen molar-refractivity contribution in [3.8, 4) is 11.5 Å². The molecule has 0 aliphatic rings. The Hall–Kier alpha value is -2.36. The lowest BCUT2D eigenvalue weighted by Gasteiger charge is -2.02. The van der Waals surface area contributed by atoms with Crippen molar-refractivity contribution in [1.82, 2.24) is 4.98 Å². The van der Waals surface area contributed by atoms with E-state index in [1.54, 1.807) is 18.2 Å². The molecule has 2 aromatic rings. The third-order valence-corrected chi connectivity index (χ3v) is 2.14. The van der Waals surface area contributed by atoms with Crippen LogP contribution in [0.2, 0.25) is 0 Å². The summed E-state index contributed by atoms with van der Waals surface area (Å²) in [7, 11) is 0. The molecule has 1 heterocycles. The Morgan fingerprint density at radius 3 is 2.50 bits per heavy atom. The van der Waals surface area contributed by atoms with Gasteiger partial charge in [-0.05, 0) is 30.3 Å². The Labute approximate surface area is 91.8 Å². The summed E-state index contributed by atoms with van der Waals surface area (Å²) in [4.78, 5) is 15.8. The number of phenolic OH excluding ortho intramolecular Hbond substituents is 2. The van der Waals surface area contributed by atoms with Gasteiger partial charge in [-0.15, -0.1) is 0 Å². The maximum absolute atomic E-state index is 11.9. The molecule has 0 aliphatic heterocycles. The van der Waals surface area contributed by atoms with Crippen LogP contribution in [0.15, 0.2) is 42.6 Å². The van der Waals surface area contributed by atoms with Gasteiger partial charge in [0, 0.05) is 11.8 Å². The smallest absolute Gasteiger partial charge is 0.211 e. The maximum atomic E-state index is 11.9. The molecule has 4 nitrogen and oxygen atoms in total. The van der Waals surface area contributed by atoms with Crippen molar-refractivity contribution in [3.63, 3.8) is 0 Å². The second kappa shape index (κ2) is 4.02. The minimum absolute atomic E-state index is 0.252. The Bertz CT molecular complexity index is 523. The van der Waals surface area contributed by atoms with E-state index >= 15 is 0 Å². The molecule has 4 heteroatoms. The third kappa shape index (κ3) is 1.86. The van der Waals surface area contributed by atoms with Crippen LogP contribution in [0.4, 0.5) is 0 Å². The van der Waals surface area contributed by atoms with Crippen LogP contribution in [0.25, 0.3) is 0 Å². The average Bonchev–Trinajstić information content (AvgIpc) is 2.33. The van der Waals surface area contributed by atoms with E-state index in [0.29, 0.717) is 5.69 Å². The van der Waals surface area contributed by atoms with Gasteiger partial charge in [-0.2, -0.15) is 0 Å². The largest absolute Gasteiger partial charge is 0.504 e. The molecule has 0 atom stereocenters. The molecule has 0 bridgehead atoms. The van der Waals surface area contributed by atoms with Gasteiger partial charge in [0.2, 0.25) is 5.78 Å². The summed E-state index contributed by atoms with van der Waals surface area (Å²) in [5.74, 6) is -0.866. The lowest BCUT2D eigenvalue weighted by Crippen LogP contribution is -2.02. The van der Waals surface area contributed by atoms with Crippen LogP contribution >= 0.6 is 0 Å². The molecule has 80 valence electrons. The van der Waals surface area contributed by atoms with Gasteiger partial charge in [0.05, 0.1) is 0 Å². The molecule has 0 fully saturated rings. The molecule has 0 saturated carbocycles. The van der Waals surface area contributed by atoms with Crippen molar-refractivity contribution in [3.05, 3.63) is 53.9 Å². The SMILES string of the molecule is O=C(c1ccc(O)c(O)c1)c1ccccn1. The summed E-state index contributed by atoms with van der Waals surface area (Å²) in [5.41, 5.74) is 0.585. The molecule has 0 radical (unpaired) electrons. The minimum Gasteiger partial charge on any atom is -0.504 e. The van der Waals surface area contributed by atoms with Crippen molar-refractivity contribution in [1.29, 1.82) is 0 Å². The number of aromatic hydroxyl groups is 2. The zero-order valence-corrected chi connectivity index (χ0v) is 8.29. The van der Waals surface area contributed by atoms with Gasteiger partial charge in [-0.1, -0.05) is 6.07 Å². The fraction of sp³-hybridized carbons (Fsp3) is 0. The number of carbonyl (C=O) groups is 1. The average molecular weight is 215 g/mol. The van der Waals surface area contributed by atoms with Crippen molar-refractivity contribution in [2.75, 3.05) is 0 Å². The number of nitrogens with zero attached hydrogens (tertiary/aromatic N) is 1. The lowest BCUT2D eigenvalue weighted by molar-refractivity contribution is 0.103. The summed E-state index contributed by atoms with van der Waals surface area (Å²) in [6.45, 7) is 0. The fourth-order valence-corrected chi connectivity index (χ4v) is 1.31. The standard InChI is InChI=1S/C12H9NO3/c14-10-5-4-8(7-11(10)15)12(16)9-3-1-2-6-13-9/h1-7,14-15H. The van der Waals surface area contributed by atoms with Gasteiger partial charge in [-0.25, -0.2) is 0 Å². The Morgan fingerprint density at radius 2 is 1.88 bits per heavy atom. The van der Waals surface area contributed by atoms with Crippen molar-refractivity contribution >= 4 is 5.78 Å². The molecule has 0 amide bonds. The first-order valence-corrected chi connectivity index (χ1v) is 4.66. The second-order valence-electron chi connectivity index (χ2n) is 3.25. The van der Waals surface area contributed by atoms with Crippen LogP contribution in [0.1, 0.15) is 16.1 Å². The molecule has 0 aliphatic carbocycles. The van der Waals surface area contributed by atoms with Crippen LogP contribution in [0.3, 0.4) is 0 Å². The Morgan fingerprint density at radius 1 is 1.06 bits per heavy atom. The van der Waals surface area contributed by atoms with E-state index in [1.165, 1.54) is 24.4 Å². The molecule has 0 saturated heterocycles. The predicted molar refractivity (Wildman–Crippen MR) is 57.4 cm³/mol. The molecule has 1 aromatic carbocycles. The number of benzene rings is 1. The minimum atomic E-state index is -0.318. The van der Waals surface area contributed by atoms with E-state index in [9.17, 15) is 9.90 Å². The number of hydrogen-bond donors (Lipinski definition) is 2. The van der Waals surface area contributed by atoms with Gasteiger partial charge in [-0.3, -0.25) is 9.78 Å². The summed E-state index contributed by atoms with van der Waals surface area (Å²) >= 11 is 0. The molecule has 16 heavy (non-hydrogen) atoms. The Balaban J connectivity index is 2.39. The van der Waals surface area contributed by atoms with E-state index in [2.05, 4.69) is 4.98 Å². The summed E-state index contributed by atoms with van der Waals surface area (Å²) < 4.78 is 0. The van der Waals surface area contributed by atoms with Gasteiger partial charge in [0.25, 0.3) is 0 Å². The molecule has 2 rings (SSSR count). The van der Waals surface area contributed by atoms with Crippen LogP contribution in [-0.2, 0) is 0 Å². The van der Waals surface area contributed by atoms with Crippen molar-refractivity contribution in [2.45, 2.75) is 0 Å². The maximum Gasteiger partial charge on any atom is 0.211 e. The fourth-order valence-electron chi connectivity index (χ4n) is 1.31. The third-order valence-electron chi connectivity index (χ3n) is 2.14. The zero-order chi connectivity index (χ0) is 11.5. The highest BCUT2D eigenvalue weighted by Crippen LogP contribution is 2.25. The predicted octanol–water partition coefficient (Wildman–Crippen LogP) is 1.72. The number of rotatable bonds is 2.